The molecule has 2 rings (SSSR count). The Morgan fingerprint density at radius 1 is 0.967 bits per heavy atom. The summed E-state index contributed by atoms with van der Waals surface area (Å²) in [6, 6.07) is 10.3. The zero-order valence-corrected chi connectivity index (χ0v) is 16.8. The number of carbonyl (C=O) groups is 2. The van der Waals surface area contributed by atoms with Crippen LogP contribution in [-0.4, -0.2) is 32.4 Å². The molecule has 0 saturated heterocycles. The quantitative estimate of drug-likeness (QED) is 0.640. The molecule has 0 spiro atoms. The number of benzene rings is 2. The fourth-order valence-electron chi connectivity index (χ4n) is 2.35. The average molecular weight is 444 g/mol. The van der Waals surface area contributed by atoms with E-state index in [1.54, 1.807) is 6.07 Å². The molecular weight excluding hydrogens is 425 g/mol. The summed E-state index contributed by atoms with van der Waals surface area (Å²) in [6.07, 6.45) is -6.16. The van der Waals surface area contributed by atoms with Gasteiger partial charge < -0.3 is 10.1 Å². The predicted octanol–water partition coefficient (Wildman–Crippen LogP) is 2.94. The molecule has 0 bridgehead atoms. The van der Waals surface area contributed by atoms with Gasteiger partial charge in [-0.25, -0.2) is 8.42 Å². The minimum Gasteiger partial charge on any atom is -0.451 e. The molecule has 7 nitrogen and oxygen atoms in total. The Bertz CT molecular complexity index is 1010. The van der Waals surface area contributed by atoms with Crippen molar-refractivity contribution in [2.45, 2.75) is 37.1 Å². The third-order valence-electron chi connectivity index (χ3n) is 3.89. The highest BCUT2D eigenvalue weighted by molar-refractivity contribution is 7.89. The lowest BCUT2D eigenvalue weighted by molar-refractivity contribution is -0.154. The molecule has 11 heteroatoms. The van der Waals surface area contributed by atoms with Gasteiger partial charge in [0.1, 0.15) is 6.04 Å². The van der Waals surface area contributed by atoms with Crippen molar-refractivity contribution in [3.63, 3.8) is 0 Å². The molecular formula is C19H19F3N2O5S. The zero-order chi connectivity index (χ0) is 22.5. The summed E-state index contributed by atoms with van der Waals surface area (Å²) < 4.78 is 70.5. The maximum Gasteiger partial charge on any atom is 0.418 e. The van der Waals surface area contributed by atoms with Crippen LogP contribution in [0, 0.1) is 0 Å². The third kappa shape index (κ3) is 6.04. The van der Waals surface area contributed by atoms with Gasteiger partial charge in [-0.15, -0.1) is 0 Å². The fourth-order valence-corrected chi connectivity index (χ4v) is 3.57. The summed E-state index contributed by atoms with van der Waals surface area (Å²) in [6.45, 7) is 2.37. The summed E-state index contributed by atoms with van der Waals surface area (Å²) in [4.78, 5) is 24.2. The second-order valence-electron chi connectivity index (χ2n) is 6.27. The molecule has 0 aliphatic carbocycles. The first-order valence-electron chi connectivity index (χ1n) is 8.67. The highest BCUT2D eigenvalue weighted by Gasteiger charge is 2.34. The zero-order valence-electron chi connectivity index (χ0n) is 15.9. The second-order valence-corrected chi connectivity index (χ2v) is 7.98. The van der Waals surface area contributed by atoms with Crippen LogP contribution in [0.15, 0.2) is 59.5 Å². The second kappa shape index (κ2) is 9.26. The molecule has 30 heavy (non-hydrogen) atoms. The number of hydrogen-bond donors (Lipinski definition) is 2. The number of halogens is 3. The molecule has 0 saturated carbocycles. The van der Waals surface area contributed by atoms with Crippen LogP contribution in [0.5, 0.6) is 0 Å². The summed E-state index contributed by atoms with van der Waals surface area (Å²) in [5.41, 5.74) is -1.54. The van der Waals surface area contributed by atoms with Gasteiger partial charge in [-0.2, -0.15) is 17.9 Å². The van der Waals surface area contributed by atoms with Gasteiger partial charge in [0, 0.05) is 0 Å². The van der Waals surface area contributed by atoms with Gasteiger partial charge in [0.05, 0.1) is 16.1 Å². The molecule has 0 fully saturated rings. The number of amides is 1. The summed E-state index contributed by atoms with van der Waals surface area (Å²) in [7, 11) is -4.01. The number of ether oxygens (including phenoxy) is 1. The molecule has 2 aromatic carbocycles. The van der Waals surface area contributed by atoms with Crippen molar-refractivity contribution in [2.24, 2.45) is 0 Å². The van der Waals surface area contributed by atoms with E-state index in [2.05, 4.69) is 10.0 Å². The molecule has 0 aromatic heterocycles. The van der Waals surface area contributed by atoms with E-state index in [1.807, 2.05) is 0 Å². The molecule has 0 unspecified atom stereocenters. The number of sulfonamides is 1. The van der Waals surface area contributed by atoms with Crippen LogP contribution >= 0.6 is 0 Å². The van der Waals surface area contributed by atoms with Crippen molar-refractivity contribution in [3.8, 4) is 0 Å². The SMILES string of the molecule is C[C@@H](NS(=O)(=O)c1ccccc1)C(=O)O[C@H](C)C(=O)Nc1ccccc1C(F)(F)F. The van der Waals surface area contributed by atoms with E-state index in [9.17, 15) is 31.2 Å². The molecule has 1 amide bonds. The topological polar surface area (TPSA) is 102 Å². The van der Waals surface area contributed by atoms with Crippen molar-refractivity contribution in [3.05, 3.63) is 60.2 Å². The molecule has 2 aromatic rings. The number of rotatable bonds is 7. The van der Waals surface area contributed by atoms with E-state index in [1.165, 1.54) is 43.3 Å². The number of nitrogens with one attached hydrogen (secondary N) is 2. The van der Waals surface area contributed by atoms with E-state index in [-0.39, 0.29) is 4.90 Å². The number of carbonyl (C=O) groups excluding carboxylic acids is 2. The van der Waals surface area contributed by atoms with Gasteiger partial charge in [-0.1, -0.05) is 30.3 Å². The molecule has 0 radical (unpaired) electrons. The number of para-hydroxylation sites is 1. The molecule has 162 valence electrons. The van der Waals surface area contributed by atoms with E-state index < -0.39 is 51.5 Å². The Labute approximate surface area is 171 Å². The first kappa shape index (κ1) is 23.4. The number of anilines is 1. The summed E-state index contributed by atoms with van der Waals surface area (Å²) in [5, 5.41) is 2.06. The molecule has 2 N–H and O–H groups in total. The van der Waals surface area contributed by atoms with Crippen LogP contribution in [0.3, 0.4) is 0 Å². The Hall–Kier alpha value is -2.92. The van der Waals surface area contributed by atoms with Crippen molar-refractivity contribution in [1.82, 2.24) is 4.72 Å². The Morgan fingerprint density at radius 2 is 1.53 bits per heavy atom. The fraction of sp³-hybridized carbons (Fsp3) is 0.263. The van der Waals surface area contributed by atoms with Crippen molar-refractivity contribution in [2.75, 3.05) is 5.32 Å². The Balaban J connectivity index is 2.01. The molecule has 2 atom stereocenters. The van der Waals surface area contributed by atoms with E-state index >= 15 is 0 Å². The highest BCUT2D eigenvalue weighted by Crippen LogP contribution is 2.34. The lowest BCUT2D eigenvalue weighted by Crippen LogP contribution is -2.42. The molecule has 0 aliphatic heterocycles. The Morgan fingerprint density at radius 3 is 2.13 bits per heavy atom. The largest absolute Gasteiger partial charge is 0.451 e. The predicted molar refractivity (Wildman–Crippen MR) is 102 cm³/mol. The summed E-state index contributed by atoms with van der Waals surface area (Å²) in [5.74, 6) is -2.07. The van der Waals surface area contributed by atoms with Crippen molar-refractivity contribution >= 4 is 27.6 Å². The van der Waals surface area contributed by atoms with Crippen LogP contribution in [0.2, 0.25) is 0 Å². The van der Waals surface area contributed by atoms with E-state index in [4.69, 9.17) is 4.74 Å². The number of hydrogen-bond acceptors (Lipinski definition) is 5. The third-order valence-corrected chi connectivity index (χ3v) is 5.45. The van der Waals surface area contributed by atoms with Crippen LogP contribution in [0.4, 0.5) is 18.9 Å². The van der Waals surface area contributed by atoms with Gasteiger partial charge >= 0.3 is 12.1 Å². The lowest BCUT2D eigenvalue weighted by atomic mass is 10.1. The first-order valence-corrected chi connectivity index (χ1v) is 10.1. The van der Waals surface area contributed by atoms with Gasteiger partial charge in [0.2, 0.25) is 10.0 Å². The number of alkyl halides is 3. The monoisotopic (exact) mass is 444 g/mol. The molecule has 0 aliphatic rings. The minimum atomic E-state index is -4.69. The van der Waals surface area contributed by atoms with Crippen molar-refractivity contribution < 1.29 is 35.9 Å². The van der Waals surface area contributed by atoms with E-state index in [0.717, 1.165) is 19.1 Å². The van der Waals surface area contributed by atoms with Crippen LogP contribution in [0.1, 0.15) is 19.4 Å². The number of esters is 1. The molecule has 0 heterocycles. The Kier molecular flexibility index (Phi) is 7.21. The van der Waals surface area contributed by atoms with Crippen LogP contribution in [0.25, 0.3) is 0 Å². The maximum absolute atomic E-state index is 13.0. The van der Waals surface area contributed by atoms with Crippen LogP contribution in [-0.2, 0) is 30.5 Å². The first-order chi connectivity index (χ1) is 13.9. The van der Waals surface area contributed by atoms with E-state index in [0.29, 0.717) is 0 Å². The standard InChI is InChI=1S/C19H19F3N2O5S/c1-12(24-30(27,28)14-8-4-3-5-9-14)18(26)29-13(2)17(25)23-16-11-7-6-10-15(16)19(20,21)22/h3-13,24H,1-2H3,(H,23,25)/t12-,13-/m1/s1. The maximum atomic E-state index is 13.0. The van der Waals surface area contributed by atoms with Crippen LogP contribution < -0.4 is 10.0 Å². The summed E-state index contributed by atoms with van der Waals surface area (Å²) >= 11 is 0. The van der Waals surface area contributed by atoms with Gasteiger partial charge in [-0.3, -0.25) is 9.59 Å². The van der Waals surface area contributed by atoms with Gasteiger partial charge in [-0.05, 0) is 38.1 Å². The van der Waals surface area contributed by atoms with Crippen molar-refractivity contribution in [1.29, 1.82) is 0 Å². The highest BCUT2D eigenvalue weighted by atomic mass is 32.2. The normalized spacial score (nSPS) is 13.9. The van der Waals surface area contributed by atoms with Gasteiger partial charge in [0.25, 0.3) is 5.91 Å². The lowest BCUT2D eigenvalue weighted by Gasteiger charge is -2.19. The minimum absolute atomic E-state index is 0.0702. The van der Waals surface area contributed by atoms with Gasteiger partial charge in [0.15, 0.2) is 6.10 Å². The smallest absolute Gasteiger partial charge is 0.418 e. The average Bonchev–Trinajstić information content (AvgIpc) is 2.67.